The lowest BCUT2D eigenvalue weighted by Gasteiger charge is -2.66. The third kappa shape index (κ3) is 9.51. The molecule has 6 aliphatic rings. The summed E-state index contributed by atoms with van der Waals surface area (Å²) in [5.74, 6) is -0.784. The van der Waals surface area contributed by atoms with Crippen LogP contribution in [0, 0.1) is 16.7 Å². The molecule has 1 aliphatic carbocycles. The number of carboxylic acid groups (broad SMARTS) is 1. The van der Waals surface area contributed by atoms with Gasteiger partial charge in [0.1, 0.15) is 35.6 Å². The number of carboxylic acids is 1. The van der Waals surface area contributed by atoms with Crippen LogP contribution in [0.15, 0.2) is 0 Å². The van der Waals surface area contributed by atoms with Crippen LogP contribution >= 0.6 is 23.5 Å². The number of esters is 1. The van der Waals surface area contributed by atoms with Crippen molar-refractivity contribution in [3.63, 3.8) is 0 Å². The second-order valence-corrected chi connectivity index (χ2v) is 21.1. The Morgan fingerprint density at radius 3 is 1.82 bits per heavy atom. The third-order valence-corrected chi connectivity index (χ3v) is 17.6. The Kier molecular flexibility index (Phi) is 15.4. The van der Waals surface area contributed by atoms with Gasteiger partial charge in [-0.2, -0.15) is 23.5 Å². The Labute approximate surface area is 358 Å². The number of unbranched alkanes of at least 4 members (excludes halogenated alkanes) is 1. The zero-order chi connectivity index (χ0) is 44.6. The van der Waals surface area contributed by atoms with Gasteiger partial charge in [0.25, 0.3) is 0 Å². The lowest BCUT2D eigenvalue weighted by Crippen LogP contribution is -2.79. The number of amides is 4. The molecule has 5 unspecified atom stereocenters. The molecule has 60 heavy (non-hydrogen) atoms. The highest BCUT2D eigenvalue weighted by atomic mass is 32.2. The lowest BCUT2D eigenvalue weighted by molar-refractivity contribution is -0.338. The van der Waals surface area contributed by atoms with Crippen LogP contribution in [0.4, 0.5) is 9.59 Å². The van der Waals surface area contributed by atoms with Crippen molar-refractivity contribution < 1.29 is 74.6 Å². The number of aliphatic hydroxyl groups is 8. The first-order chi connectivity index (χ1) is 27.9. The minimum Gasteiger partial charge on any atom is -0.481 e. The Bertz CT molecular complexity index is 1560. The molecule has 4 amide bonds. The Morgan fingerprint density at radius 2 is 1.30 bits per heavy atom. The van der Waals surface area contributed by atoms with Gasteiger partial charge in [-0.25, -0.2) is 9.59 Å². The number of hydrogen-bond acceptors (Lipinski definition) is 16. The lowest BCUT2D eigenvalue weighted by atomic mass is 9.44. The number of rotatable bonds is 15. The van der Waals surface area contributed by atoms with Crippen molar-refractivity contribution in [2.75, 3.05) is 24.7 Å². The molecule has 5 saturated heterocycles. The summed E-state index contributed by atoms with van der Waals surface area (Å²) in [6, 6.07) is 0.196. The van der Waals surface area contributed by atoms with Crippen LogP contribution in [-0.2, 0) is 19.1 Å². The van der Waals surface area contributed by atoms with Crippen LogP contribution in [0.3, 0.4) is 0 Å². The second-order valence-electron chi connectivity index (χ2n) is 18.5. The van der Waals surface area contributed by atoms with E-state index in [2.05, 4.69) is 21.3 Å². The van der Waals surface area contributed by atoms with Crippen LogP contribution in [0.5, 0.6) is 0 Å². The first-order valence-electron chi connectivity index (χ1n) is 20.8. The molecule has 21 heteroatoms. The van der Waals surface area contributed by atoms with Crippen molar-refractivity contribution in [1.29, 1.82) is 0 Å². The maximum atomic E-state index is 13.8. The van der Waals surface area contributed by atoms with Gasteiger partial charge in [-0.1, -0.05) is 26.7 Å². The fraction of sp³-hybridized carbons (Fsp3) is 0.897. The number of hydrogen-bond donors (Lipinski definition) is 13. The molecular weight excluding hydrogens is 829 g/mol. The summed E-state index contributed by atoms with van der Waals surface area (Å²) >= 11 is 3.59. The van der Waals surface area contributed by atoms with Gasteiger partial charge in [0, 0.05) is 39.3 Å². The van der Waals surface area contributed by atoms with E-state index in [1.807, 2.05) is 11.8 Å². The number of aliphatic hydroxyl groups excluding tert-OH is 5. The first kappa shape index (κ1) is 48.8. The molecule has 0 bridgehead atoms. The van der Waals surface area contributed by atoms with E-state index < -0.39 is 89.4 Å². The monoisotopic (exact) mass is 894 g/mol. The van der Waals surface area contributed by atoms with Crippen LogP contribution in [0.2, 0.25) is 0 Å². The summed E-state index contributed by atoms with van der Waals surface area (Å²) in [7, 11) is 0. The van der Waals surface area contributed by atoms with Gasteiger partial charge in [-0.3, -0.25) is 9.59 Å². The van der Waals surface area contributed by atoms with E-state index in [9.17, 15) is 60.0 Å². The van der Waals surface area contributed by atoms with E-state index in [0.29, 0.717) is 18.1 Å². The maximum Gasteiger partial charge on any atom is 0.315 e. The largest absolute Gasteiger partial charge is 0.481 e. The van der Waals surface area contributed by atoms with E-state index in [1.54, 1.807) is 25.6 Å². The fourth-order valence-electron chi connectivity index (χ4n) is 10.0. The average Bonchev–Trinajstić information content (AvgIpc) is 3.94. The van der Waals surface area contributed by atoms with Gasteiger partial charge in [0.05, 0.1) is 48.9 Å². The second kappa shape index (κ2) is 18.9. The number of aliphatic carboxylic acids is 1. The zero-order valence-corrected chi connectivity index (χ0v) is 36.5. The molecule has 0 aromatic carbocycles. The van der Waals surface area contributed by atoms with Crippen LogP contribution in [-0.4, -0.2) is 177 Å². The first-order valence-corrected chi connectivity index (χ1v) is 22.9. The zero-order valence-electron chi connectivity index (χ0n) is 34.9. The number of ether oxygens (including phenoxy) is 2. The molecule has 0 radical (unpaired) electrons. The highest BCUT2D eigenvalue weighted by molar-refractivity contribution is 8.00. The van der Waals surface area contributed by atoms with Gasteiger partial charge in [-0.15, -0.1) is 0 Å². The molecule has 5 aliphatic heterocycles. The maximum absolute atomic E-state index is 13.8. The third-order valence-electron chi connectivity index (χ3n) is 14.5. The van der Waals surface area contributed by atoms with Crippen molar-refractivity contribution in [3.05, 3.63) is 0 Å². The van der Waals surface area contributed by atoms with E-state index in [1.165, 1.54) is 20.8 Å². The molecule has 6 fully saturated rings. The van der Waals surface area contributed by atoms with Crippen molar-refractivity contribution in [3.8, 4) is 0 Å². The predicted octanol–water partition coefficient (Wildman–Crippen LogP) is -0.870. The number of carbonyl (C=O) groups excluding carboxylic acids is 3. The van der Waals surface area contributed by atoms with Crippen LogP contribution in [0.1, 0.15) is 92.4 Å². The Morgan fingerprint density at radius 1 is 0.767 bits per heavy atom. The highest BCUT2D eigenvalue weighted by Gasteiger charge is 2.72. The number of carbonyl (C=O) groups is 4. The Hall–Kier alpha value is -2.18. The van der Waals surface area contributed by atoms with E-state index in [-0.39, 0.29) is 67.2 Å². The number of thioether (sulfide) groups is 2. The minimum atomic E-state index is -2.13. The summed E-state index contributed by atoms with van der Waals surface area (Å²) in [6.45, 7) is 6.13. The summed E-state index contributed by atoms with van der Waals surface area (Å²) in [5, 5.41) is 106. The summed E-state index contributed by atoms with van der Waals surface area (Å²) < 4.78 is 10.9. The summed E-state index contributed by atoms with van der Waals surface area (Å²) in [4.78, 5) is 47.1. The SMILES string of the molecule is CC1(O)C(C)(O)[C@](C)(O)C(C)(CO)C[C@@]1(C)CC(CCCC1SC[C@@H]2NC(=O)N[C@H]12)C(=O)O[C@H]1O[C@H](CO)[C@@H](O)[C@H](O)[C@@H]1O.O=C(O)CCCC[C@@H]1SC[C@@H]2NC(=O)N[C@@H]21. The van der Waals surface area contributed by atoms with Crippen molar-refractivity contribution in [2.24, 2.45) is 16.7 Å². The normalized spacial score (nSPS) is 44.9. The van der Waals surface area contributed by atoms with Crippen LogP contribution < -0.4 is 21.3 Å². The average molecular weight is 895 g/mol. The number of fused-ring (bicyclic) bond motifs is 2. The Balaban J connectivity index is 0.000000355. The minimum absolute atomic E-state index is 0.0203. The highest BCUT2D eigenvalue weighted by Crippen LogP contribution is 2.62. The summed E-state index contributed by atoms with van der Waals surface area (Å²) in [5.41, 5.74) is -8.54. The van der Waals surface area contributed by atoms with Crippen molar-refractivity contribution in [2.45, 2.75) is 175 Å². The van der Waals surface area contributed by atoms with Gasteiger partial charge in [0.2, 0.25) is 6.29 Å². The van der Waals surface area contributed by atoms with Crippen molar-refractivity contribution in [1.82, 2.24) is 21.3 Å². The molecule has 13 N–H and O–H groups in total. The summed E-state index contributed by atoms with van der Waals surface area (Å²) in [6.07, 6.45) is -3.93. The number of urea groups is 2. The molecule has 0 aromatic heterocycles. The molecular formula is C39H66N4O15S2. The van der Waals surface area contributed by atoms with Crippen molar-refractivity contribution >= 4 is 47.5 Å². The van der Waals surface area contributed by atoms with E-state index in [4.69, 9.17) is 14.6 Å². The molecule has 344 valence electrons. The number of nitrogens with one attached hydrogen (secondary N) is 4. The van der Waals surface area contributed by atoms with Crippen LogP contribution in [0.25, 0.3) is 0 Å². The molecule has 6 rings (SSSR count). The molecule has 17 atom stereocenters. The molecule has 5 heterocycles. The quantitative estimate of drug-likeness (QED) is 0.0540. The van der Waals surface area contributed by atoms with Gasteiger partial charge in [-0.05, 0) is 59.3 Å². The smallest absolute Gasteiger partial charge is 0.315 e. The standard InChI is InChI=1S/C29H50N2O12S.C10H16N2O3S/c1-25(12-26(2,13-33)28(4,40)29(5,41)27(25,3)39)9-14(7-6-8-17-18-15(11-44-17)30-24(38)31-18)22(37)43-23-21(36)20(35)19(34)16(10-32)42-23;13-8(14)4-2-1-3-7-9-6(5-16-7)11-10(15)12-9/h14-21,23,32-36,39-41H,6-13H2,1-5H3,(H2,30,31,38);6-7,9H,1-5H2,(H,13,14)(H2,11,12,15)/t14?,15-,16+,17?,18-,19+,20-,21-,23+,25+,26?,27?,28+,29?;6-,7-,9-/m00/s1. The van der Waals surface area contributed by atoms with Gasteiger partial charge >= 0.3 is 24.0 Å². The molecule has 19 nitrogen and oxygen atoms in total. The predicted molar refractivity (Wildman–Crippen MR) is 219 cm³/mol. The topological polar surface area (TPSA) is 317 Å². The molecule has 0 spiro atoms. The molecule has 1 saturated carbocycles. The molecule has 0 aromatic rings. The van der Waals surface area contributed by atoms with Gasteiger partial charge in [0.15, 0.2) is 0 Å². The van der Waals surface area contributed by atoms with Gasteiger partial charge < -0.3 is 76.7 Å². The fourth-order valence-corrected chi connectivity index (χ4v) is 13.1. The van der Waals surface area contributed by atoms with E-state index >= 15 is 0 Å². The van der Waals surface area contributed by atoms with E-state index in [0.717, 1.165) is 30.8 Å².